The summed E-state index contributed by atoms with van der Waals surface area (Å²) in [5.41, 5.74) is 2.90. The Morgan fingerprint density at radius 1 is 1.03 bits per heavy atom. The zero-order chi connectivity index (χ0) is 24.1. The molecule has 174 valence electrons. The quantitative estimate of drug-likeness (QED) is 0.519. The molecule has 5 nitrogen and oxygen atoms in total. The van der Waals surface area contributed by atoms with Crippen LogP contribution in [-0.2, 0) is 16.2 Å². The van der Waals surface area contributed by atoms with Crippen molar-refractivity contribution in [3.8, 4) is 5.75 Å². The number of rotatable bonds is 4. The minimum absolute atomic E-state index is 0.157. The second-order valence-electron chi connectivity index (χ2n) is 9.16. The first kappa shape index (κ1) is 22.5. The number of thioether (sulfide) groups is 1. The highest BCUT2D eigenvalue weighted by Crippen LogP contribution is 2.60. The van der Waals surface area contributed by atoms with E-state index >= 15 is 0 Å². The predicted molar refractivity (Wildman–Crippen MR) is 131 cm³/mol. The topological polar surface area (TPSA) is 49.9 Å². The molecule has 2 heterocycles. The molecule has 0 unspecified atom stereocenters. The number of halogens is 1. The lowest BCUT2D eigenvalue weighted by molar-refractivity contribution is -0.123. The fourth-order valence-corrected chi connectivity index (χ4v) is 6.51. The third-order valence-electron chi connectivity index (χ3n) is 6.27. The Kier molecular flexibility index (Phi) is 5.40. The van der Waals surface area contributed by atoms with Crippen molar-refractivity contribution in [2.24, 2.45) is 0 Å². The van der Waals surface area contributed by atoms with Crippen LogP contribution in [0.2, 0.25) is 0 Å². The molecule has 0 radical (unpaired) electrons. The first-order valence-electron chi connectivity index (χ1n) is 11.1. The van der Waals surface area contributed by atoms with Gasteiger partial charge in [0.25, 0.3) is 11.8 Å². The van der Waals surface area contributed by atoms with E-state index in [4.69, 9.17) is 4.74 Å². The van der Waals surface area contributed by atoms with Crippen LogP contribution < -0.4 is 9.64 Å². The Balaban J connectivity index is 1.59. The van der Waals surface area contributed by atoms with Crippen LogP contribution in [-0.4, -0.2) is 35.1 Å². The van der Waals surface area contributed by atoms with Gasteiger partial charge in [-0.1, -0.05) is 30.3 Å². The number of carbonyl (C=O) groups is 2. The number of para-hydroxylation sites is 1. The number of amides is 2. The lowest BCUT2D eigenvalue weighted by atomic mass is 10.0. The van der Waals surface area contributed by atoms with Crippen LogP contribution in [0.15, 0.2) is 72.8 Å². The molecule has 2 aliphatic rings. The van der Waals surface area contributed by atoms with Crippen molar-refractivity contribution in [3.63, 3.8) is 0 Å². The number of nitrogens with zero attached hydrogens (tertiary/aromatic N) is 2. The number of methoxy groups -OCH3 is 1. The van der Waals surface area contributed by atoms with Crippen molar-refractivity contribution >= 4 is 29.3 Å². The van der Waals surface area contributed by atoms with Gasteiger partial charge in [0.2, 0.25) is 0 Å². The van der Waals surface area contributed by atoms with Crippen LogP contribution in [0.5, 0.6) is 5.75 Å². The van der Waals surface area contributed by atoms with Crippen molar-refractivity contribution in [1.82, 2.24) is 4.90 Å². The first-order valence-corrected chi connectivity index (χ1v) is 11.9. The van der Waals surface area contributed by atoms with Gasteiger partial charge in [-0.2, -0.15) is 0 Å². The Labute approximate surface area is 202 Å². The predicted octanol–water partition coefficient (Wildman–Crippen LogP) is 5.20. The van der Waals surface area contributed by atoms with E-state index in [0.29, 0.717) is 24.4 Å². The van der Waals surface area contributed by atoms with E-state index in [-0.39, 0.29) is 22.4 Å². The number of carbonyl (C=O) groups excluding carboxylic acids is 2. The molecule has 5 rings (SSSR count). The van der Waals surface area contributed by atoms with Gasteiger partial charge in [-0.3, -0.25) is 9.59 Å². The van der Waals surface area contributed by atoms with Gasteiger partial charge in [-0.05, 0) is 61.9 Å². The number of hydrogen-bond donors (Lipinski definition) is 0. The monoisotopic (exact) mass is 476 g/mol. The summed E-state index contributed by atoms with van der Waals surface area (Å²) in [7, 11) is 1.58. The minimum Gasteiger partial charge on any atom is -0.497 e. The SMILES string of the molecule is COc1ccc(C(=O)N2CC(C)(C)S[C@@]23C(=O)N(Cc2ccc(F)cc2)c2ccccc23)cc1. The third kappa shape index (κ3) is 3.55. The summed E-state index contributed by atoms with van der Waals surface area (Å²) in [6, 6.07) is 20.7. The van der Waals surface area contributed by atoms with Gasteiger partial charge in [0, 0.05) is 22.4 Å². The lowest BCUT2D eigenvalue weighted by Crippen LogP contribution is -2.50. The van der Waals surface area contributed by atoms with Crippen molar-refractivity contribution < 1.29 is 18.7 Å². The van der Waals surface area contributed by atoms with Crippen LogP contribution in [0.1, 0.15) is 35.3 Å². The zero-order valence-electron chi connectivity index (χ0n) is 19.2. The van der Waals surface area contributed by atoms with Crippen LogP contribution in [0.25, 0.3) is 0 Å². The molecule has 0 saturated carbocycles. The number of ether oxygens (including phenoxy) is 1. The molecule has 0 aliphatic carbocycles. The average Bonchev–Trinajstić information content (AvgIpc) is 3.26. The summed E-state index contributed by atoms with van der Waals surface area (Å²) in [6.45, 7) is 4.83. The molecule has 3 aromatic carbocycles. The average molecular weight is 477 g/mol. The second-order valence-corrected chi connectivity index (χ2v) is 11.1. The number of anilines is 1. The molecule has 1 spiro atoms. The number of hydrogen-bond acceptors (Lipinski definition) is 4. The molecule has 2 aliphatic heterocycles. The van der Waals surface area contributed by atoms with Gasteiger partial charge in [-0.15, -0.1) is 11.8 Å². The van der Waals surface area contributed by atoms with Crippen molar-refractivity contribution in [1.29, 1.82) is 0 Å². The van der Waals surface area contributed by atoms with E-state index in [9.17, 15) is 14.0 Å². The maximum absolute atomic E-state index is 14.2. The Bertz CT molecular complexity index is 1260. The molecule has 0 N–H and O–H groups in total. The summed E-state index contributed by atoms with van der Waals surface area (Å²) < 4.78 is 18.3. The fourth-order valence-electron chi connectivity index (χ4n) is 4.78. The van der Waals surface area contributed by atoms with E-state index < -0.39 is 4.87 Å². The number of fused-ring (bicyclic) bond motifs is 2. The van der Waals surface area contributed by atoms with E-state index in [1.165, 1.54) is 23.9 Å². The first-order chi connectivity index (χ1) is 16.2. The second kappa shape index (κ2) is 8.17. The zero-order valence-corrected chi connectivity index (χ0v) is 20.1. The maximum atomic E-state index is 14.2. The molecular weight excluding hydrogens is 451 g/mol. The molecule has 1 saturated heterocycles. The van der Waals surface area contributed by atoms with Crippen LogP contribution in [0.4, 0.5) is 10.1 Å². The Hall–Kier alpha value is -3.32. The van der Waals surface area contributed by atoms with Gasteiger partial charge in [0.1, 0.15) is 11.6 Å². The molecule has 1 fully saturated rings. The standard InChI is InChI=1S/C27H25FN2O3S/c1-26(2)17-30(24(31)19-10-14-21(33-3)15-11-19)27(34-26)22-6-4-5-7-23(22)29(25(27)32)16-18-8-12-20(28)13-9-18/h4-15H,16-17H2,1-3H3/t27-/m0/s1. The molecule has 7 heteroatoms. The summed E-state index contributed by atoms with van der Waals surface area (Å²) in [4.78, 5) is 30.3. The lowest BCUT2D eigenvalue weighted by Gasteiger charge is -2.33. The van der Waals surface area contributed by atoms with Crippen molar-refractivity contribution in [3.05, 3.63) is 95.3 Å². The highest BCUT2D eigenvalue weighted by Gasteiger charge is 2.63. The number of benzene rings is 3. The summed E-state index contributed by atoms with van der Waals surface area (Å²) in [5.74, 6) is -0.0177. The molecule has 34 heavy (non-hydrogen) atoms. The van der Waals surface area contributed by atoms with E-state index in [1.54, 1.807) is 53.3 Å². The minimum atomic E-state index is -1.17. The third-order valence-corrected chi connectivity index (χ3v) is 7.87. The molecule has 3 aromatic rings. The molecule has 1 atom stereocenters. The Morgan fingerprint density at radius 3 is 2.38 bits per heavy atom. The van der Waals surface area contributed by atoms with Gasteiger partial charge in [-0.25, -0.2) is 4.39 Å². The van der Waals surface area contributed by atoms with E-state index in [1.807, 2.05) is 24.3 Å². The smallest absolute Gasteiger partial charge is 0.268 e. The van der Waals surface area contributed by atoms with Crippen LogP contribution >= 0.6 is 11.8 Å². The molecule has 2 amide bonds. The van der Waals surface area contributed by atoms with Gasteiger partial charge in [0.15, 0.2) is 4.87 Å². The normalized spacial score (nSPS) is 20.6. The highest BCUT2D eigenvalue weighted by molar-refractivity contribution is 8.02. The molecule has 0 aromatic heterocycles. The van der Waals surface area contributed by atoms with Crippen LogP contribution in [0, 0.1) is 5.82 Å². The van der Waals surface area contributed by atoms with E-state index in [0.717, 1.165) is 16.8 Å². The molecule has 0 bridgehead atoms. The van der Waals surface area contributed by atoms with E-state index in [2.05, 4.69) is 13.8 Å². The highest BCUT2D eigenvalue weighted by atomic mass is 32.2. The summed E-state index contributed by atoms with van der Waals surface area (Å²) >= 11 is 1.51. The van der Waals surface area contributed by atoms with Crippen LogP contribution in [0.3, 0.4) is 0 Å². The van der Waals surface area contributed by atoms with Crippen molar-refractivity contribution in [2.45, 2.75) is 30.0 Å². The maximum Gasteiger partial charge on any atom is 0.268 e. The summed E-state index contributed by atoms with van der Waals surface area (Å²) in [5, 5.41) is 0. The van der Waals surface area contributed by atoms with Gasteiger partial charge < -0.3 is 14.5 Å². The van der Waals surface area contributed by atoms with Gasteiger partial charge >= 0.3 is 0 Å². The molecular formula is C27H25FN2O3S. The Morgan fingerprint density at radius 2 is 1.71 bits per heavy atom. The fraction of sp³-hybridized carbons (Fsp3) is 0.259. The largest absolute Gasteiger partial charge is 0.497 e. The van der Waals surface area contributed by atoms with Crippen molar-refractivity contribution in [2.75, 3.05) is 18.6 Å². The summed E-state index contributed by atoms with van der Waals surface area (Å²) in [6.07, 6.45) is 0. The van der Waals surface area contributed by atoms with Gasteiger partial charge in [0.05, 0.1) is 19.3 Å².